The summed E-state index contributed by atoms with van der Waals surface area (Å²) in [5.74, 6) is 0.823. The number of sulfonamides is 1. The molecule has 2 heterocycles. The minimum absolute atomic E-state index is 0.123. The van der Waals surface area contributed by atoms with E-state index in [1.807, 2.05) is 31.2 Å². The second-order valence-corrected chi connectivity index (χ2v) is 8.45. The maximum atomic E-state index is 13.4. The van der Waals surface area contributed by atoms with Crippen molar-refractivity contribution in [1.29, 1.82) is 0 Å². The molecule has 28 heavy (non-hydrogen) atoms. The predicted octanol–water partition coefficient (Wildman–Crippen LogP) is 2.12. The normalized spacial score (nSPS) is 14.6. The van der Waals surface area contributed by atoms with Gasteiger partial charge < -0.3 is 4.74 Å². The van der Waals surface area contributed by atoms with Gasteiger partial charge in [0.25, 0.3) is 0 Å². The van der Waals surface area contributed by atoms with Crippen molar-refractivity contribution in [3.05, 3.63) is 53.6 Å². The molecule has 0 radical (unpaired) electrons. The van der Waals surface area contributed by atoms with Crippen molar-refractivity contribution in [2.75, 3.05) is 13.7 Å². The number of hydrogen-bond donors (Lipinski definition) is 0. The first-order chi connectivity index (χ1) is 13.5. The number of fused-ring (bicyclic) bond motifs is 1. The summed E-state index contributed by atoms with van der Waals surface area (Å²) in [6, 6.07) is 12.9. The molecule has 146 valence electrons. The molecule has 0 spiro atoms. The summed E-state index contributed by atoms with van der Waals surface area (Å²) in [5, 5.41) is 11.6. The fraction of sp³-hybridized carbons (Fsp3) is 0.316. The van der Waals surface area contributed by atoms with Crippen LogP contribution >= 0.6 is 0 Å². The zero-order valence-corrected chi connectivity index (χ0v) is 16.6. The quantitative estimate of drug-likeness (QED) is 0.653. The summed E-state index contributed by atoms with van der Waals surface area (Å²) in [7, 11) is -2.28. The van der Waals surface area contributed by atoms with Gasteiger partial charge in [-0.15, -0.1) is 5.10 Å². The Morgan fingerprint density at radius 3 is 2.68 bits per heavy atom. The summed E-state index contributed by atoms with van der Waals surface area (Å²) in [6.45, 7) is 3.28. The lowest BCUT2D eigenvalue weighted by atomic mass is 10.0. The van der Waals surface area contributed by atoms with Gasteiger partial charge in [0.1, 0.15) is 10.6 Å². The molecule has 0 atom stereocenters. The van der Waals surface area contributed by atoms with Crippen LogP contribution < -0.4 is 4.74 Å². The summed E-state index contributed by atoms with van der Waals surface area (Å²) < 4.78 is 35.4. The van der Waals surface area contributed by atoms with E-state index >= 15 is 0 Å². The van der Waals surface area contributed by atoms with Crippen molar-refractivity contribution in [3.8, 4) is 17.1 Å². The molecule has 2 aromatic carbocycles. The molecule has 1 aliphatic rings. The van der Waals surface area contributed by atoms with Gasteiger partial charge in [0.05, 0.1) is 7.11 Å². The fourth-order valence-electron chi connectivity index (χ4n) is 3.46. The summed E-state index contributed by atoms with van der Waals surface area (Å²) in [5.41, 5.74) is 2.85. The zero-order chi connectivity index (χ0) is 19.7. The molecule has 0 aliphatic carbocycles. The fourth-order valence-corrected chi connectivity index (χ4v) is 5.06. The lowest BCUT2D eigenvalue weighted by Crippen LogP contribution is -2.36. The molecule has 1 aliphatic heterocycles. The van der Waals surface area contributed by atoms with Gasteiger partial charge >= 0.3 is 0 Å². The van der Waals surface area contributed by atoms with E-state index in [0.29, 0.717) is 43.2 Å². The van der Waals surface area contributed by atoms with Crippen molar-refractivity contribution in [1.82, 2.24) is 24.5 Å². The molecule has 0 amide bonds. The van der Waals surface area contributed by atoms with Crippen LogP contribution in [0.1, 0.15) is 18.1 Å². The van der Waals surface area contributed by atoms with Crippen molar-refractivity contribution in [2.24, 2.45) is 0 Å². The lowest BCUT2D eigenvalue weighted by molar-refractivity contribution is 0.378. The first-order valence-electron chi connectivity index (χ1n) is 9.06. The number of benzene rings is 2. The van der Waals surface area contributed by atoms with Crippen LogP contribution in [0.25, 0.3) is 11.4 Å². The van der Waals surface area contributed by atoms with Crippen molar-refractivity contribution in [3.63, 3.8) is 0 Å². The monoisotopic (exact) mass is 399 g/mol. The molecule has 0 fully saturated rings. The van der Waals surface area contributed by atoms with Gasteiger partial charge in [-0.25, -0.2) is 13.1 Å². The molecular formula is C19H21N5O3S. The van der Waals surface area contributed by atoms with Gasteiger partial charge in [0.2, 0.25) is 10.0 Å². The summed E-state index contributed by atoms with van der Waals surface area (Å²) >= 11 is 0. The highest BCUT2D eigenvalue weighted by Crippen LogP contribution is 2.33. The van der Waals surface area contributed by atoms with Crippen LogP contribution in [-0.2, 0) is 29.5 Å². The van der Waals surface area contributed by atoms with Crippen LogP contribution in [0.4, 0.5) is 0 Å². The van der Waals surface area contributed by atoms with E-state index in [0.717, 1.165) is 5.56 Å². The zero-order valence-electron chi connectivity index (χ0n) is 15.7. The summed E-state index contributed by atoms with van der Waals surface area (Å²) in [6.07, 6.45) is 0.686. The Bertz CT molecular complexity index is 1110. The molecule has 3 aromatic rings. The molecular weight excluding hydrogens is 378 g/mol. The van der Waals surface area contributed by atoms with E-state index in [-0.39, 0.29) is 4.90 Å². The third-order valence-corrected chi connectivity index (χ3v) is 6.83. The molecule has 0 saturated heterocycles. The number of aromatic nitrogens is 4. The molecule has 0 unspecified atom stereocenters. The Morgan fingerprint density at radius 1 is 1.14 bits per heavy atom. The van der Waals surface area contributed by atoms with Gasteiger partial charge in [-0.2, -0.15) is 4.31 Å². The maximum absolute atomic E-state index is 13.4. The predicted molar refractivity (Wildman–Crippen MR) is 103 cm³/mol. The molecule has 0 saturated carbocycles. The lowest BCUT2D eigenvalue weighted by Gasteiger charge is -2.28. The Balaban J connectivity index is 1.76. The molecule has 0 N–H and O–H groups in total. The second-order valence-electron chi connectivity index (χ2n) is 6.54. The molecule has 1 aromatic heterocycles. The number of rotatable bonds is 5. The van der Waals surface area contributed by atoms with E-state index in [9.17, 15) is 8.42 Å². The average Bonchev–Trinajstić information content (AvgIpc) is 3.21. The molecule has 4 rings (SSSR count). The Kier molecular flexibility index (Phi) is 4.86. The van der Waals surface area contributed by atoms with Gasteiger partial charge in [0.15, 0.2) is 5.82 Å². The molecule has 9 heteroatoms. The van der Waals surface area contributed by atoms with Crippen LogP contribution in [0.15, 0.2) is 47.4 Å². The van der Waals surface area contributed by atoms with Crippen LogP contribution in [-0.4, -0.2) is 46.6 Å². The number of nitrogens with zero attached hydrogens (tertiary/aromatic N) is 5. The highest BCUT2D eigenvalue weighted by molar-refractivity contribution is 7.89. The van der Waals surface area contributed by atoms with E-state index in [1.165, 1.54) is 17.0 Å². The topological polar surface area (TPSA) is 90.2 Å². The maximum Gasteiger partial charge on any atom is 0.247 e. The Morgan fingerprint density at radius 2 is 1.93 bits per heavy atom. The Labute approximate surface area is 163 Å². The number of hydrogen-bond acceptors (Lipinski definition) is 6. The number of tetrazole rings is 1. The smallest absolute Gasteiger partial charge is 0.247 e. The summed E-state index contributed by atoms with van der Waals surface area (Å²) in [4.78, 5) is 0.123. The Hall–Kier alpha value is -2.78. The molecule has 0 bridgehead atoms. The standard InChI is InChI=1S/C19H21N5O3S/c1-3-24-19(20-21-22-24)15-8-9-17(27-2)18(12-15)28(25,26)23-11-10-14-6-4-5-7-16(14)13-23/h4-9,12H,3,10-11,13H2,1-2H3. The van der Waals surface area contributed by atoms with Crippen LogP contribution in [0.3, 0.4) is 0 Å². The van der Waals surface area contributed by atoms with Gasteiger partial charge in [-0.3, -0.25) is 0 Å². The van der Waals surface area contributed by atoms with Crippen molar-refractivity contribution in [2.45, 2.75) is 31.3 Å². The third-order valence-electron chi connectivity index (χ3n) is 4.97. The van der Waals surface area contributed by atoms with Gasteiger partial charge in [-0.1, -0.05) is 24.3 Å². The van der Waals surface area contributed by atoms with E-state index in [1.54, 1.807) is 22.9 Å². The van der Waals surface area contributed by atoms with Crippen LogP contribution in [0, 0.1) is 0 Å². The van der Waals surface area contributed by atoms with Crippen molar-refractivity contribution >= 4 is 10.0 Å². The van der Waals surface area contributed by atoms with E-state index < -0.39 is 10.0 Å². The van der Waals surface area contributed by atoms with Crippen LogP contribution in [0.5, 0.6) is 5.75 Å². The molecule has 8 nitrogen and oxygen atoms in total. The van der Waals surface area contributed by atoms with Crippen molar-refractivity contribution < 1.29 is 13.2 Å². The van der Waals surface area contributed by atoms with Gasteiger partial charge in [-0.05, 0) is 53.1 Å². The van der Waals surface area contributed by atoms with E-state index in [4.69, 9.17) is 4.74 Å². The van der Waals surface area contributed by atoms with Gasteiger partial charge in [0, 0.05) is 25.2 Å². The highest BCUT2D eigenvalue weighted by atomic mass is 32.2. The third kappa shape index (κ3) is 3.16. The first-order valence-corrected chi connectivity index (χ1v) is 10.5. The number of methoxy groups -OCH3 is 1. The number of ether oxygens (including phenoxy) is 1. The average molecular weight is 399 g/mol. The largest absolute Gasteiger partial charge is 0.495 e. The highest BCUT2D eigenvalue weighted by Gasteiger charge is 2.31. The minimum Gasteiger partial charge on any atom is -0.495 e. The first kappa shape index (κ1) is 18.6. The SMILES string of the molecule is CCn1nnnc1-c1ccc(OC)c(S(=O)(=O)N2CCc3ccccc3C2)c1. The van der Waals surface area contributed by atoms with Crippen LogP contribution in [0.2, 0.25) is 0 Å². The number of aryl methyl sites for hydroxylation is 1. The minimum atomic E-state index is -3.75. The van der Waals surface area contributed by atoms with E-state index in [2.05, 4.69) is 15.5 Å². The second kappa shape index (κ2) is 7.33.